The third-order valence-corrected chi connectivity index (χ3v) is 4.49. The van der Waals surface area contributed by atoms with Crippen LogP contribution >= 0.6 is 0 Å². The van der Waals surface area contributed by atoms with Crippen LogP contribution in [0.1, 0.15) is 35.3 Å². The van der Waals surface area contributed by atoms with Gasteiger partial charge in [-0.3, -0.25) is 14.6 Å². The summed E-state index contributed by atoms with van der Waals surface area (Å²) in [5.41, 5.74) is 6.59. The molecular weight excluding hydrogens is 330 g/mol. The fourth-order valence-electron chi connectivity index (χ4n) is 3.13. The first-order valence-corrected chi connectivity index (χ1v) is 8.86. The van der Waals surface area contributed by atoms with Crippen LogP contribution in [0.4, 0.5) is 0 Å². The van der Waals surface area contributed by atoms with Crippen LogP contribution in [0.5, 0.6) is 5.75 Å². The SMILES string of the molecule is NC(=O)c1cc(OC2CCCN(C(=O)CCc3ccccc3)C2)ccn1. The predicted molar refractivity (Wildman–Crippen MR) is 97.7 cm³/mol. The Morgan fingerprint density at radius 1 is 1.23 bits per heavy atom. The molecule has 3 rings (SSSR count). The van der Waals surface area contributed by atoms with Crippen molar-refractivity contribution < 1.29 is 14.3 Å². The van der Waals surface area contributed by atoms with Gasteiger partial charge in [-0.25, -0.2) is 0 Å². The van der Waals surface area contributed by atoms with Crippen LogP contribution in [0.15, 0.2) is 48.7 Å². The molecule has 1 aromatic carbocycles. The molecule has 0 saturated carbocycles. The molecule has 1 aromatic heterocycles. The monoisotopic (exact) mass is 353 g/mol. The van der Waals surface area contributed by atoms with E-state index in [0.29, 0.717) is 18.7 Å². The van der Waals surface area contributed by atoms with Crippen LogP contribution in [0.3, 0.4) is 0 Å². The molecule has 2 N–H and O–H groups in total. The average molecular weight is 353 g/mol. The molecule has 6 heteroatoms. The fourth-order valence-corrected chi connectivity index (χ4v) is 3.13. The highest BCUT2D eigenvalue weighted by molar-refractivity contribution is 5.91. The van der Waals surface area contributed by atoms with Crippen molar-refractivity contribution >= 4 is 11.8 Å². The highest BCUT2D eigenvalue weighted by atomic mass is 16.5. The second-order valence-corrected chi connectivity index (χ2v) is 6.45. The normalized spacial score (nSPS) is 16.9. The van der Waals surface area contributed by atoms with Gasteiger partial charge in [0.2, 0.25) is 5.91 Å². The van der Waals surface area contributed by atoms with E-state index in [0.717, 1.165) is 25.8 Å². The average Bonchev–Trinajstić information content (AvgIpc) is 2.67. The van der Waals surface area contributed by atoms with Crippen molar-refractivity contribution in [1.29, 1.82) is 0 Å². The van der Waals surface area contributed by atoms with Crippen LogP contribution in [0, 0.1) is 0 Å². The van der Waals surface area contributed by atoms with Crippen molar-refractivity contribution in [3.8, 4) is 5.75 Å². The Hall–Kier alpha value is -2.89. The summed E-state index contributed by atoms with van der Waals surface area (Å²) in [7, 11) is 0. The Kier molecular flexibility index (Phi) is 5.84. The predicted octanol–water partition coefficient (Wildman–Crippen LogP) is 2.18. The number of primary amides is 1. The number of nitrogens with two attached hydrogens (primary N) is 1. The van der Waals surface area contributed by atoms with Gasteiger partial charge in [0, 0.05) is 25.2 Å². The van der Waals surface area contributed by atoms with Gasteiger partial charge in [-0.1, -0.05) is 30.3 Å². The maximum absolute atomic E-state index is 12.5. The van der Waals surface area contributed by atoms with Crippen molar-refractivity contribution in [1.82, 2.24) is 9.88 Å². The number of hydrogen-bond acceptors (Lipinski definition) is 4. The summed E-state index contributed by atoms with van der Waals surface area (Å²) in [4.78, 5) is 29.5. The van der Waals surface area contributed by atoms with Gasteiger partial charge in [-0.15, -0.1) is 0 Å². The third kappa shape index (κ3) is 4.81. The quantitative estimate of drug-likeness (QED) is 0.862. The number of pyridine rings is 1. The molecule has 2 amide bonds. The Morgan fingerprint density at radius 2 is 2.04 bits per heavy atom. The van der Waals surface area contributed by atoms with E-state index in [1.165, 1.54) is 11.8 Å². The lowest BCUT2D eigenvalue weighted by Gasteiger charge is -2.33. The minimum atomic E-state index is -0.586. The highest BCUT2D eigenvalue weighted by Crippen LogP contribution is 2.19. The number of aromatic nitrogens is 1. The Bertz CT molecular complexity index is 764. The number of likely N-dealkylation sites (tertiary alicyclic amines) is 1. The summed E-state index contributed by atoms with van der Waals surface area (Å²) >= 11 is 0. The topological polar surface area (TPSA) is 85.5 Å². The van der Waals surface area contributed by atoms with Crippen molar-refractivity contribution in [3.63, 3.8) is 0 Å². The molecule has 0 bridgehead atoms. The van der Waals surface area contributed by atoms with Crippen LogP contribution in [-0.2, 0) is 11.2 Å². The molecule has 26 heavy (non-hydrogen) atoms. The summed E-state index contributed by atoms with van der Waals surface area (Å²) in [6, 6.07) is 13.3. The van der Waals surface area contributed by atoms with Gasteiger partial charge in [-0.2, -0.15) is 0 Å². The Morgan fingerprint density at radius 3 is 2.81 bits per heavy atom. The van der Waals surface area contributed by atoms with Gasteiger partial charge in [0.05, 0.1) is 6.54 Å². The number of carbonyl (C=O) groups is 2. The number of hydrogen-bond donors (Lipinski definition) is 1. The van der Waals surface area contributed by atoms with Crippen LogP contribution in [-0.4, -0.2) is 40.9 Å². The number of piperidine rings is 1. The van der Waals surface area contributed by atoms with Crippen molar-refractivity contribution in [2.75, 3.05) is 13.1 Å². The third-order valence-electron chi connectivity index (χ3n) is 4.49. The summed E-state index contributed by atoms with van der Waals surface area (Å²) < 4.78 is 5.95. The number of ether oxygens (including phenoxy) is 1. The number of nitrogens with zero attached hydrogens (tertiary/aromatic N) is 2. The first-order valence-electron chi connectivity index (χ1n) is 8.86. The largest absolute Gasteiger partial charge is 0.488 e. The summed E-state index contributed by atoms with van der Waals surface area (Å²) in [6.45, 7) is 1.32. The molecule has 136 valence electrons. The van der Waals surface area contributed by atoms with Gasteiger partial charge in [0.15, 0.2) is 0 Å². The molecule has 2 heterocycles. The van der Waals surface area contributed by atoms with E-state index in [-0.39, 0.29) is 17.7 Å². The van der Waals surface area contributed by atoms with Gasteiger partial charge in [0.25, 0.3) is 5.91 Å². The number of amides is 2. The minimum absolute atomic E-state index is 0.0902. The number of rotatable bonds is 6. The molecule has 1 saturated heterocycles. The number of benzene rings is 1. The van der Waals surface area contributed by atoms with E-state index in [9.17, 15) is 9.59 Å². The Balaban J connectivity index is 1.54. The smallest absolute Gasteiger partial charge is 0.267 e. The Labute approximate surface area is 153 Å². The zero-order valence-electron chi connectivity index (χ0n) is 14.6. The van der Waals surface area contributed by atoms with E-state index in [2.05, 4.69) is 4.98 Å². The van der Waals surface area contributed by atoms with E-state index in [4.69, 9.17) is 10.5 Å². The first-order chi connectivity index (χ1) is 12.6. The standard InChI is InChI=1S/C20H23N3O3/c21-20(25)18-13-16(10-11-22-18)26-17-7-4-12-23(14-17)19(24)9-8-15-5-2-1-3-6-15/h1-3,5-6,10-11,13,17H,4,7-9,12,14H2,(H2,21,25). The minimum Gasteiger partial charge on any atom is -0.488 e. The molecule has 0 radical (unpaired) electrons. The van der Waals surface area contributed by atoms with Gasteiger partial charge in [-0.05, 0) is 30.9 Å². The molecule has 6 nitrogen and oxygen atoms in total. The van der Waals surface area contributed by atoms with E-state index in [1.807, 2.05) is 35.2 Å². The van der Waals surface area contributed by atoms with Gasteiger partial charge < -0.3 is 15.4 Å². The van der Waals surface area contributed by atoms with Crippen LogP contribution in [0.25, 0.3) is 0 Å². The van der Waals surface area contributed by atoms with E-state index in [1.54, 1.807) is 12.1 Å². The maximum Gasteiger partial charge on any atom is 0.267 e. The lowest BCUT2D eigenvalue weighted by molar-refractivity contribution is -0.133. The molecular formula is C20H23N3O3. The summed E-state index contributed by atoms with van der Waals surface area (Å²) in [6.07, 6.45) is 4.42. The zero-order chi connectivity index (χ0) is 18.4. The van der Waals surface area contributed by atoms with Gasteiger partial charge >= 0.3 is 0 Å². The molecule has 2 aromatic rings. The molecule has 1 unspecified atom stereocenters. The fraction of sp³-hybridized carbons (Fsp3) is 0.350. The number of aryl methyl sites for hydroxylation is 1. The van der Waals surface area contributed by atoms with Crippen LogP contribution < -0.4 is 10.5 Å². The number of carbonyl (C=O) groups excluding carboxylic acids is 2. The van der Waals surface area contributed by atoms with Crippen molar-refractivity contribution in [3.05, 3.63) is 59.9 Å². The molecule has 1 aliphatic rings. The van der Waals surface area contributed by atoms with E-state index >= 15 is 0 Å². The van der Waals surface area contributed by atoms with Crippen LogP contribution in [0.2, 0.25) is 0 Å². The molecule has 0 aliphatic carbocycles. The summed E-state index contributed by atoms with van der Waals surface area (Å²) in [5, 5.41) is 0. The molecule has 1 atom stereocenters. The lowest BCUT2D eigenvalue weighted by atomic mass is 10.1. The lowest BCUT2D eigenvalue weighted by Crippen LogP contribution is -2.44. The van der Waals surface area contributed by atoms with Crippen molar-refractivity contribution in [2.45, 2.75) is 31.8 Å². The molecule has 1 aliphatic heterocycles. The second-order valence-electron chi connectivity index (χ2n) is 6.45. The molecule has 1 fully saturated rings. The zero-order valence-corrected chi connectivity index (χ0v) is 14.6. The van der Waals surface area contributed by atoms with Crippen molar-refractivity contribution in [2.24, 2.45) is 5.73 Å². The maximum atomic E-state index is 12.5. The van der Waals surface area contributed by atoms with Gasteiger partial charge in [0.1, 0.15) is 17.5 Å². The first kappa shape index (κ1) is 17.9. The molecule has 0 spiro atoms. The van der Waals surface area contributed by atoms with E-state index < -0.39 is 5.91 Å². The summed E-state index contributed by atoms with van der Waals surface area (Å²) in [5.74, 6) is 0.115. The highest BCUT2D eigenvalue weighted by Gasteiger charge is 2.24. The second kappa shape index (κ2) is 8.47.